The first-order valence-electron chi connectivity index (χ1n) is 6.51. The summed E-state index contributed by atoms with van der Waals surface area (Å²) in [5, 5.41) is 13.5. The van der Waals surface area contributed by atoms with E-state index in [1.807, 2.05) is 5.38 Å². The molecule has 0 N–H and O–H groups in total. The number of aryl methyl sites for hydroxylation is 1. The maximum Gasteiger partial charge on any atom is 0.272 e. The number of nitrogens with zero attached hydrogens (tertiary/aromatic N) is 2. The van der Waals surface area contributed by atoms with Crippen molar-refractivity contribution in [2.24, 2.45) is 0 Å². The van der Waals surface area contributed by atoms with Gasteiger partial charge < -0.3 is 0 Å². The second kappa shape index (κ2) is 5.65. The Hall–Kier alpha value is -2.60. The maximum atomic E-state index is 13.3. The summed E-state index contributed by atoms with van der Waals surface area (Å²) in [6.45, 7) is 1.70. The largest absolute Gasteiger partial charge is 0.272 e. The monoisotopic (exact) mass is 314 g/mol. The number of nitro groups is 1. The fourth-order valence-corrected chi connectivity index (χ4v) is 2.95. The number of hydrogen-bond donors (Lipinski definition) is 0. The highest BCUT2D eigenvalue weighted by Crippen LogP contribution is 2.31. The molecule has 22 heavy (non-hydrogen) atoms. The smallest absolute Gasteiger partial charge is 0.258 e. The van der Waals surface area contributed by atoms with Crippen LogP contribution in [0.5, 0.6) is 0 Å². The average molecular weight is 314 g/mol. The Labute approximate surface area is 130 Å². The molecule has 0 aliphatic heterocycles. The van der Waals surface area contributed by atoms with Crippen LogP contribution in [0.15, 0.2) is 47.8 Å². The molecule has 0 saturated carbocycles. The van der Waals surface area contributed by atoms with Gasteiger partial charge in [-0.25, -0.2) is 9.37 Å². The number of benzene rings is 2. The highest BCUT2D eigenvalue weighted by Gasteiger charge is 2.14. The van der Waals surface area contributed by atoms with Crippen LogP contribution in [-0.2, 0) is 0 Å². The van der Waals surface area contributed by atoms with Gasteiger partial charge in [0.25, 0.3) is 5.69 Å². The molecule has 0 aliphatic rings. The lowest BCUT2D eigenvalue weighted by Gasteiger charge is -2.00. The van der Waals surface area contributed by atoms with Crippen molar-refractivity contribution in [1.29, 1.82) is 0 Å². The zero-order valence-corrected chi connectivity index (χ0v) is 12.4. The van der Waals surface area contributed by atoms with Gasteiger partial charge in [-0.15, -0.1) is 11.3 Å². The Kier molecular flexibility index (Phi) is 3.68. The summed E-state index contributed by atoms with van der Waals surface area (Å²) >= 11 is 1.38. The van der Waals surface area contributed by atoms with E-state index in [4.69, 9.17) is 0 Å². The highest BCUT2D eigenvalue weighted by atomic mass is 32.1. The first-order chi connectivity index (χ1) is 10.5. The van der Waals surface area contributed by atoms with Crippen LogP contribution in [0.3, 0.4) is 0 Å². The molecule has 0 amide bonds. The van der Waals surface area contributed by atoms with Gasteiger partial charge in [-0.1, -0.05) is 24.3 Å². The first kappa shape index (κ1) is 14.3. The lowest BCUT2D eigenvalue weighted by atomic mass is 10.1. The van der Waals surface area contributed by atoms with E-state index in [1.165, 1.54) is 29.5 Å². The van der Waals surface area contributed by atoms with E-state index in [9.17, 15) is 14.5 Å². The predicted octanol–water partition coefficient (Wildman–Crippen LogP) is 4.83. The minimum absolute atomic E-state index is 0.0674. The molecule has 1 aromatic heterocycles. The number of halogens is 1. The van der Waals surface area contributed by atoms with Crippen molar-refractivity contribution in [1.82, 2.24) is 4.98 Å². The molecule has 0 fully saturated rings. The van der Waals surface area contributed by atoms with Crippen LogP contribution in [0.25, 0.3) is 21.8 Å². The van der Waals surface area contributed by atoms with Gasteiger partial charge in [0.05, 0.1) is 10.6 Å². The number of thiazole rings is 1. The fraction of sp³-hybridized carbons (Fsp3) is 0.0625. The summed E-state index contributed by atoms with van der Waals surface area (Å²) in [7, 11) is 0. The van der Waals surface area contributed by atoms with Gasteiger partial charge in [0.15, 0.2) is 0 Å². The van der Waals surface area contributed by atoms with Gasteiger partial charge in [0.1, 0.15) is 10.8 Å². The standard InChI is InChI=1S/C16H11FN2O2S/c1-10-5-6-11(8-15(10)19(20)21)14-9-22-16(18-14)12-3-2-4-13(17)7-12/h2-9H,1H3. The summed E-state index contributed by atoms with van der Waals surface area (Å²) < 4.78 is 13.3. The summed E-state index contributed by atoms with van der Waals surface area (Å²) in [6, 6.07) is 11.2. The Morgan fingerprint density at radius 2 is 2.00 bits per heavy atom. The van der Waals surface area contributed by atoms with Gasteiger partial charge in [-0.2, -0.15) is 0 Å². The van der Waals surface area contributed by atoms with Crippen LogP contribution < -0.4 is 0 Å². The van der Waals surface area contributed by atoms with Crippen LogP contribution in [-0.4, -0.2) is 9.91 Å². The molecule has 0 aliphatic carbocycles. The topological polar surface area (TPSA) is 56.0 Å². The summed E-state index contributed by atoms with van der Waals surface area (Å²) in [6.07, 6.45) is 0. The first-order valence-corrected chi connectivity index (χ1v) is 7.39. The van der Waals surface area contributed by atoms with Gasteiger partial charge in [0.2, 0.25) is 0 Å². The highest BCUT2D eigenvalue weighted by molar-refractivity contribution is 7.13. The molecule has 4 nitrogen and oxygen atoms in total. The third-order valence-electron chi connectivity index (χ3n) is 3.28. The normalized spacial score (nSPS) is 10.6. The van der Waals surface area contributed by atoms with Crippen molar-refractivity contribution in [2.75, 3.05) is 0 Å². The van der Waals surface area contributed by atoms with E-state index in [0.717, 1.165) is 0 Å². The molecule has 0 bridgehead atoms. The maximum absolute atomic E-state index is 13.3. The summed E-state index contributed by atoms with van der Waals surface area (Å²) in [5.74, 6) is -0.319. The molecule has 2 aromatic carbocycles. The lowest BCUT2D eigenvalue weighted by Crippen LogP contribution is -1.92. The minimum Gasteiger partial charge on any atom is -0.258 e. The summed E-state index contributed by atoms with van der Waals surface area (Å²) in [5.41, 5.74) is 2.69. The van der Waals surface area contributed by atoms with Gasteiger partial charge in [-0.3, -0.25) is 10.1 Å². The van der Waals surface area contributed by atoms with Gasteiger partial charge in [0, 0.05) is 28.1 Å². The molecule has 3 aromatic rings. The Morgan fingerprint density at radius 3 is 2.73 bits per heavy atom. The van der Waals surface area contributed by atoms with Gasteiger partial charge >= 0.3 is 0 Å². The SMILES string of the molecule is Cc1ccc(-c2csc(-c3cccc(F)c3)n2)cc1[N+](=O)[O-]. The van der Waals surface area contributed by atoms with Crippen LogP contribution in [0, 0.1) is 22.9 Å². The Balaban J connectivity index is 2.01. The van der Waals surface area contributed by atoms with E-state index in [2.05, 4.69) is 4.98 Å². The zero-order valence-electron chi connectivity index (χ0n) is 11.6. The third kappa shape index (κ3) is 2.73. The average Bonchev–Trinajstić information content (AvgIpc) is 2.97. The molecule has 0 saturated heterocycles. The van der Waals surface area contributed by atoms with Crippen molar-refractivity contribution in [3.8, 4) is 21.8 Å². The number of hydrogen-bond acceptors (Lipinski definition) is 4. The second-order valence-corrected chi connectivity index (χ2v) is 5.66. The van der Waals surface area contributed by atoms with Crippen LogP contribution >= 0.6 is 11.3 Å². The third-order valence-corrected chi connectivity index (χ3v) is 4.17. The molecule has 0 radical (unpaired) electrons. The number of nitro benzene ring substituents is 1. The molecule has 3 rings (SSSR count). The Bertz CT molecular complexity index is 861. The molecule has 0 spiro atoms. The van der Waals surface area contributed by atoms with Crippen molar-refractivity contribution in [3.05, 3.63) is 69.3 Å². The van der Waals surface area contributed by atoms with E-state index in [1.54, 1.807) is 31.2 Å². The number of rotatable bonds is 3. The zero-order chi connectivity index (χ0) is 15.7. The van der Waals surface area contributed by atoms with Crippen LogP contribution in [0.2, 0.25) is 0 Å². The fourth-order valence-electron chi connectivity index (χ4n) is 2.13. The van der Waals surface area contributed by atoms with E-state index in [0.29, 0.717) is 27.4 Å². The molecule has 110 valence electrons. The molecular formula is C16H11FN2O2S. The molecule has 6 heteroatoms. The lowest BCUT2D eigenvalue weighted by molar-refractivity contribution is -0.385. The van der Waals surface area contributed by atoms with E-state index >= 15 is 0 Å². The van der Waals surface area contributed by atoms with E-state index < -0.39 is 4.92 Å². The Morgan fingerprint density at radius 1 is 1.18 bits per heavy atom. The molecule has 0 atom stereocenters. The quantitative estimate of drug-likeness (QED) is 0.514. The minimum atomic E-state index is -0.404. The van der Waals surface area contributed by atoms with Crippen molar-refractivity contribution >= 4 is 17.0 Å². The van der Waals surface area contributed by atoms with Crippen LogP contribution in [0.1, 0.15) is 5.56 Å². The van der Waals surface area contributed by atoms with E-state index in [-0.39, 0.29) is 11.5 Å². The molecule has 1 heterocycles. The predicted molar refractivity (Wildman–Crippen MR) is 84.3 cm³/mol. The van der Waals surface area contributed by atoms with Gasteiger partial charge in [-0.05, 0) is 19.1 Å². The number of aromatic nitrogens is 1. The second-order valence-electron chi connectivity index (χ2n) is 4.81. The van der Waals surface area contributed by atoms with Crippen LogP contribution in [0.4, 0.5) is 10.1 Å². The molecule has 0 unspecified atom stereocenters. The van der Waals surface area contributed by atoms with Crippen molar-refractivity contribution in [2.45, 2.75) is 6.92 Å². The van der Waals surface area contributed by atoms with Crippen molar-refractivity contribution in [3.63, 3.8) is 0 Å². The van der Waals surface area contributed by atoms with Crippen molar-refractivity contribution < 1.29 is 9.31 Å². The summed E-state index contributed by atoms with van der Waals surface area (Å²) in [4.78, 5) is 15.1. The molecular weight excluding hydrogens is 303 g/mol.